The molecule has 2 N–H and O–H groups in total. The lowest BCUT2D eigenvalue weighted by atomic mass is 9.99. The summed E-state index contributed by atoms with van der Waals surface area (Å²) in [6.07, 6.45) is -5.51. The molecule has 4 aromatic rings. The average Bonchev–Trinajstić information content (AvgIpc) is 3.43. The van der Waals surface area contributed by atoms with E-state index in [-0.39, 0.29) is 40.9 Å². The average molecular weight is 616 g/mol. The van der Waals surface area contributed by atoms with Gasteiger partial charge in [0.05, 0.1) is 30.9 Å². The van der Waals surface area contributed by atoms with Crippen LogP contribution in [0.4, 0.5) is 24.7 Å². The van der Waals surface area contributed by atoms with E-state index in [1.165, 1.54) is 23.1 Å². The fourth-order valence-corrected chi connectivity index (χ4v) is 5.66. The molecule has 13 heteroatoms. The Labute approximate surface area is 247 Å². The number of aliphatic hydroxyl groups excluding tert-OH is 1. The van der Waals surface area contributed by atoms with Gasteiger partial charge in [-0.3, -0.25) is 0 Å². The molecule has 0 unspecified atom stereocenters. The van der Waals surface area contributed by atoms with Crippen molar-refractivity contribution in [1.82, 2.24) is 9.97 Å². The smallest absolute Gasteiger partial charge is 0.390 e. The quantitative estimate of drug-likeness (QED) is 0.130. The van der Waals surface area contributed by atoms with Crippen LogP contribution in [0, 0.1) is 17.9 Å². The Morgan fingerprint density at radius 3 is 2.46 bits per heavy atom. The highest BCUT2D eigenvalue weighted by atomic mass is 35.5. The van der Waals surface area contributed by atoms with Crippen molar-refractivity contribution in [3.05, 3.63) is 81.6 Å². The Balaban J connectivity index is 1.69. The number of anilines is 1. The number of alkyl halides is 3. The number of hydrogen-bond donors (Lipinski definition) is 2. The fourth-order valence-electron chi connectivity index (χ4n) is 3.72. The van der Waals surface area contributed by atoms with Crippen LogP contribution < -0.4 is 10.1 Å². The molecule has 0 aliphatic heterocycles. The van der Waals surface area contributed by atoms with Crippen LogP contribution in [0.25, 0.3) is 26.5 Å². The van der Waals surface area contributed by atoms with E-state index in [1.807, 2.05) is 17.5 Å². The molecule has 0 radical (unpaired) electrons. The molecule has 41 heavy (non-hydrogen) atoms. The van der Waals surface area contributed by atoms with Crippen LogP contribution in [0.3, 0.4) is 0 Å². The van der Waals surface area contributed by atoms with Crippen molar-refractivity contribution in [3.8, 4) is 33.5 Å². The first-order valence-electron chi connectivity index (χ1n) is 12.1. The van der Waals surface area contributed by atoms with Crippen molar-refractivity contribution in [2.75, 3.05) is 25.1 Å². The molecule has 7 nitrogen and oxygen atoms in total. The Kier molecular flexibility index (Phi) is 10.1. The second-order valence-corrected chi connectivity index (χ2v) is 10.7. The van der Waals surface area contributed by atoms with Gasteiger partial charge in [-0.25, -0.2) is 14.8 Å². The van der Waals surface area contributed by atoms with Crippen LogP contribution in [0.2, 0.25) is 5.02 Å². The maximum atomic E-state index is 12.9. The molecule has 0 amide bonds. The van der Waals surface area contributed by atoms with Crippen LogP contribution in [0.15, 0.2) is 58.9 Å². The van der Waals surface area contributed by atoms with Crippen molar-refractivity contribution >= 4 is 46.2 Å². The lowest BCUT2D eigenvalue weighted by molar-refractivity contribution is -0.131. The second-order valence-electron chi connectivity index (χ2n) is 8.42. The summed E-state index contributed by atoms with van der Waals surface area (Å²) >= 11 is 8.62. The number of thiazole rings is 1. The Bertz CT molecular complexity index is 1580. The number of nitrogens with zero attached hydrogens (tertiary/aromatic N) is 4. The van der Waals surface area contributed by atoms with Crippen LogP contribution in [-0.2, 0) is 5.75 Å². The standard InChI is InChI=1S/C28H21ClF3N5O2S2/c1-34-24-23(17-4-8-21(9-5-17)39-13-12-38)22(14-33)27(37-25(24)35-11-10-28(30,31)32)41-16-20-15-40-26(36-20)18-2-6-19(29)7-3-18/h2-9,15,38H,10-13,16H2,(H,35,37). The van der Waals surface area contributed by atoms with Crippen molar-refractivity contribution in [1.29, 1.82) is 5.26 Å². The second kappa shape index (κ2) is 13.7. The molecule has 0 aliphatic rings. The number of nitriles is 1. The van der Waals surface area contributed by atoms with E-state index in [1.54, 1.807) is 36.4 Å². The van der Waals surface area contributed by atoms with Gasteiger partial charge in [0, 0.05) is 33.8 Å². The SMILES string of the molecule is [C-]#[N+]c1c(NCCC(F)(F)F)nc(SCc2csc(-c3ccc(Cl)cc3)n2)c(C#N)c1-c1ccc(OCCO)cc1. The number of pyridine rings is 1. The number of rotatable bonds is 11. The first-order valence-corrected chi connectivity index (χ1v) is 14.3. The molecule has 0 saturated heterocycles. The van der Waals surface area contributed by atoms with E-state index in [2.05, 4.69) is 26.2 Å². The van der Waals surface area contributed by atoms with Gasteiger partial charge >= 0.3 is 6.18 Å². The van der Waals surface area contributed by atoms with Gasteiger partial charge in [-0.1, -0.05) is 47.6 Å². The zero-order valence-corrected chi connectivity index (χ0v) is 23.6. The van der Waals surface area contributed by atoms with Crippen LogP contribution in [0.1, 0.15) is 17.7 Å². The van der Waals surface area contributed by atoms with Gasteiger partial charge in [0.15, 0.2) is 0 Å². The summed E-state index contributed by atoms with van der Waals surface area (Å²) in [4.78, 5) is 12.6. The number of ether oxygens (including phenoxy) is 1. The van der Waals surface area contributed by atoms with Gasteiger partial charge in [-0.15, -0.1) is 11.3 Å². The number of thioether (sulfide) groups is 1. The largest absolute Gasteiger partial charge is 0.491 e. The topological polar surface area (TPSA) is 95.4 Å². The highest BCUT2D eigenvalue weighted by Gasteiger charge is 2.27. The summed E-state index contributed by atoms with van der Waals surface area (Å²) in [7, 11) is 0. The predicted octanol–water partition coefficient (Wildman–Crippen LogP) is 7.98. The van der Waals surface area contributed by atoms with E-state index in [0.717, 1.165) is 16.3 Å². The molecule has 0 aliphatic carbocycles. The summed E-state index contributed by atoms with van der Waals surface area (Å²) < 4.78 is 44.0. The lowest BCUT2D eigenvalue weighted by Gasteiger charge is -2.17. The molecular formula is C28H21ClF3N5O2S2. The van der Waals surface area contributed by atoms with E-state index in [9.17, 15) is 18.4 Å². The number of aromatic nitrogens is 2. The van der Waals surface area contributed by atoms with Gasteiger partial charge < -0.3 is 15.2 Å². The molecule has 0 bridgehead atoms. The molecule has 0 spiro atoms. The first-order chi connectivity index (χ1) is 19.7. The van der Waals surface area contributed by atoms with Gasteiger partial charge in [0.1, 0.15) is 34.3 Å². The van der Waals surface area contributed by atoms with Crippen molar-refractivity contribution in [2.24, 2.45) is 0 Å². The maximum absolute atomic E-state index is 12.9. The number of halogens is 4. The summed E-state index contributed by atoms with van der Waals surface area (Å²) in [6.45, 7) is 7.22. The summed E-state index contributed by atoms with van der Waals surface area (Å²) in [5.41, 5.74) is 2.44. The maximum Gasteiger partial charge on any atom is 0.390 e. The number of aliphatic hydroxyl groups is 1. The Morgan fingerprint density at radius 2 is 1.83 bits per heavy atom. The number of hydrogen-bond acceptors (Lipinski definition) is 8. The molecule has 2 aromatic carbocycles. The van der Waals surface area contributed by atoms with Gasteiger partial charge in [-0.05, 0) is 29.8 Å². The van der Waals surface area contributed by atoms with Crippen molar-refractivity contribution in [2.45, 2.75) is 23.4 Å². The number of nitrogens with one attached hydrogen (secondary N) is 1. The Hall–Kier alpha value is -3.81. The fraction of sp³-hybridized carbons (Fsp3) is 0.214. The summed E-state index contributed by atoms with van der Waals surface area (Å²) in [5.74, 6) is 0.762. The molecular weight excluding hydrogens is 595 g/mol. The third kappa shape index (κ3) is 7.90. The molecule has 4 rings (SSSR count). The Morgan fingerprint density at radius 1 is 1.12 bits per heavy atom. The van der Waals surface area contributed by atoms with Crippen molar-refractivity contribution < 1.29 is 23.0 Å². The summed E-state index contributed by atoms with van der Waals surface area (Å²) in [5, 5.41) is 25.3. The monoisotopic (exact) mass is 615 g/mol. The molecule has 0 saturated carbocycles. The van der Waals surface area contributed by atoms with Crippen LogP contribution >= 0.6 is 34.7 Å². The minimum absolute atomic E-state index is 0.0403. The molecule has 0 fully saturated rings. The van der Waals surface area contributed by atoms with Gasteiger partial charge in [-0.2, -0.15) is 18.4 Å². The zero-order chi connectivity index (χ0) is 29.4. The minimum atomic E-state index is -4.39. The predicted molar refractivity (Wildman–Crippen MR) is 155 cm³/mol. The first kappa shape index (κ1) is 30.2. The molecule has 0 atom stereocenters. The highest BCUT2D eigenvalue weighted by molar-refractivity contribution is 7.98. The van der Waals surface area contributed by atoms with Crippen molar-refractivity contribution in [3.63, 3.8) is 0 Å². The molecule has 2 aromatic heterocycles. The number of benzene rings is 2. The summed E-state index contributed by atoms with van der Waals surface area (Å²) in [6, 6.07) is 15.9. The minimum Gasteiger partial charge on any atom is -0.491 e. The molecule has 210 valence electrons. The normalized spacial score (nSPS) is 11.1. The van der Waals surface area contributed by atoms with E-state index < -0.39 is 19.1 Å². The van der Waals surface area contributed by atoms with E-state index >= 15 is 0 Å². The zero-order valence-electron chi connectivity index (χ0n) is 21.2. The molecule has 2 heterocycles. The van der Waals surface area contributed by atoms with Crippen LogP contribution in [-0.4, -0.2) is 41.0 Å². The van der Waals surface area contributed by atoms with E-state index in [4.69, 9.17) is 28.0 Å². The highest BCUT2D eigenvalue weighted by Crippen LogP contribution is 2.43. The van der Waals surface area contributed by atoms with Gasteiger partial charge in [0.25, 0.3) is 0 Å². The lowest BCUT2D eigenvalue weighted by Crippen LogP contribution is -2.15. The third-order valence-corrected chi connectivity index (χ3v) is 7.77. The van der Waals surface area contributed by atoms with Gasteiger partial charge in [0.2, 0.25) is 5.69 Å². The van der Waals surface area contributed by atoms with E-state index in [0.29, 0.717) is 22.1 Å². The van der Waals surface area contributed by atoms with Crippen LogP contribution in [0.5, 0.6) is 5.75 Å². The third-order valence-electron chi connectivity index (χ3n) is 5.57.